The molecule has 2 heterocycles. The Morgan fingerprint density at radius 2 is 2.04 bits per heavy atom. The van der Waals surface area contributed by atoms with Gasteiger partial charge in [0, 0.05) is 23.9 Å². The number of nitrogens with one attached hydrogen (secondary N) is 2. The number of aromatic nitrogens is 2. The van der Waals surface area contributed by atoms with Gasteiger partial charge in [-0.15, -0.1) is 0 Å². The lowest BCUT2D eigenvalue weighted by Gasteiger charge is -2.08. The second kappa shape index (κ2) is 7.41. The van der Waals surface area contributed by atoms with Crippen LogP contribution in [-0.4, -0.2) is 15.9 Å². The topological polar surface area (TPSA) is 80.0 Å². The predicted molar refractivity (Wildman–Crippen MR) is 90.4 cm³/mol. The Balaban J connectivity index is 1.60. The number of furan rings is 1. The molecule has 3 rings (SSSR count). The maximum Gasteiger partial charge on any atom is 0.251 e. The lowest BCUT2D eigenvalue weighted by molar-refractivity contribution is 0.0948. The Morgan fingerprint density at radius 1 is 1.12 bits per heavy atom. The molecular weight excluding hydrogens is 304 g/mol. The van der Waals surface area contributed by atoms with Crippen molar-refractivity contribution < 1.29 is 9.21 Å². The highest BCUT2D eigenvalue weighted by Crippen LogP contribution is 2.10. The number of aryl methyl sites for hydroxylation is 1. The number of amides is 1. The number of hydrogen-bond donors (Lipinski definition) is 2. The fourth-order valence-corrected chi connectivity index (χ4v) is 2.25. The lowest BCUT2D eigenvalue weighted by atomic mass is 10.1. The van der Waals surface area contributed by atoms with Gasteiger partial charge in [0.15, 0.2) is 0 Å². The van der Waals surface area contributed by atoms with Crippen molar-refractivity contribution in [2.45, 2.75) is 20.0 Å². The molecule has 0 aliphatic heterocycles. The van der Waals surface area contributed by atoms with Gasteiger partial charge in [0.05, 0.1) is 12.8 Å². The number of rotatable bonds is 6. The van der Waals surface area contributed by atoms with Gasteiger partial charge in [-0.3, -0.25) is 4.79 Å². The summed E-state index contributed by atoms with van der Waals surface area (Å²) in [6.45, 7) is 2.86. The van der Waals surface area contributed by atoms with Crippen LogP contribution in [0.4, 0.5) is 5.82 Å². The number of carbonyl (C=O) groups is 1. The zero-order valence-electron chi connectivity index (χ0n) is 13.3. The molecule has 1 amide bonds. The van der Waals surface area contributed by atoms with E-state index in [0.717, 1.165) is 22.8 Å². The van der Waals surface area contributed by atoms with Gasteiger partial charge in [-0.05, 0) is 36.8 Å². The fourth-order valence-electron chi connectivity index (χ4n) is 2.25. The highest BCUT2D eigenvalue weighted by molar-refractivity contribution is 5.94. The molecule has 0 radical (unpaired) electrons. The fraction of sp³-hybridized carbons (Fsp3) is 0.167. The van der Waals surface area contributed by atoms with Gasteiger partial charge in [0.25, 0.3) is 5.91 Å². The smallest absolute Gasteiger partial charge is 0.251 e. The van der Waals surface area contributed by atoms with Crippen LogP contribution in [-0.2, 0) is 13.1 Å². The van der Waals surface area contributed by atoms with Gasteiger partial charge in [-0.1, -0.05) is 12.1 Å². The van der Waals surface area contributed by atoms with Gasteiger partial charge in [0.1, 0.15) is 17.9 Å². The van der Waals surface area contributed by atoms with Crippen molar-refractivity contribution in [1.82, 2.24) is 15.3 Å². The summed E-state index contributed by atoms with van der Waals surface area (Å²) >= 11 is 0. The summed E-state index contributed by atoms with van der Waals surface area (Å²) in [6.07, 6.45) is 3.11. The first-order chi connectivity index (χ1) is 11.7. The quantitative estimate of drug-likeness (QED) is 0.729. The molecule has 0 aliphatic rings. The summed E-state index contributed by atoms with van der Waals surface area (Å²) < 4.78 is 5.20. The van der Waals surface area contributed by atoms with Crippen molar-refractivity contribution in [3.63, 3.8) is 0 Å². The van der Waals surface area contributed by atoms with Crippen molar-refractivity contribution in [3.05, 3.63) is 77.6 Å². The molecule has 0 aliphatic carbocycles. The van der Waals surface area contributed by atoms with Crippen molar-refractivity contribution in [3.8, 4) is 0 Å². The van der Waals surface area contributed by atoms with Crippen LogP contribution in [0.1, 0.15) is 27.4 Å². The SMILES string of the molecule is Cc1cc(NCc2cccc(C(=O)NCc3ccco3)c2)ncn1. The van der Waals surface area contributed by atoms with E-state index in [-0.39, 0.29) is 5.91 Å². The van der Waals surface area contributed by atoms with Crippen LogP contribution in [0.25, 0.3) is 0 Å². The first-order valence-electron chi connectivity index (χ1n) is 7.63. The maximum absolute atomic E-state index is 12.2. The number of nitrogens with zero attached hydrogens (tertiary/aromatic N) is 2. The molecule has 2 N–H and O–H groups in total. The highest BCUT2D eigenvalue weighted by Gasteiger charge is 2.07. The van der Waals surface area contributed by atoms with Gasteiger partial charge < -0.3 is 15.1 Å². The van der Waals surface area contributed by atoms with Gasteiger partial charge in [-0.25, -0.2) is 9.97 Å². The third kappa shape index (κ3) is 4.19. The predicted octanol–water partition coefficient (Wildman–Crippen LogP) is 2.92. The normalized spacial score (nSPS) is 10.4. The highest BCUT2D eigenvalue weighted by atomic mass is 16.3. The maximum atomic E-state index is 12.2. The van der Waals surface area contributed by atoms with E-state index in [2.05, 4.69) is 20.6 Å². The Hall–Kier alpha value is -3.15. The van der Waals surface area contributed by atoms with E-state index in [9.17, 15) is 4.79 Å². The van der Waals surface area contributed by atoms with Crippen molar-refractivity contribution >= 4 is 11.7 Å². The van der Waals surface area contributed by atoms with Gasteiger partial charge in [0.2, 0.25) is 0 Å². The average Bonchev–Trinajstić information content (AvgIpc) is 3.12. The molecular formula is C18H18N4O2. The van der Waals surface area contributed by atoms with Crippen LogP contribution in [0.3, 0.4) is 0 Å². The third-order valence-electron chi connectivity index (χ3n) is 3.47. The molecule has 122 valence electrons. The van der Waals surface area contributed by atoms with E-state index in [0.29, 0.717) is 18.7 Å². The summed E-state index contributed by atoms with van der Waals surface area (Å²) in [5, 5.41) is 6.06. The van der Waals surface area contributed by atoms with Crippen LogP contribution >= 0.6 is 0 Å². The number of anilines is 1. The summed E-state index contributed by atoms with van der Waals surface area (Å²) in [7, 11) is 0. The van der Waals surface area contributed by atoms with E-state index in [1.807, 2.05) is 37.3 Å². The van der Waals surface area contributed by atoms with E-state index < -0.39 is 0 Å². The molecule has 0 bridgehead atoms. The zero-order chi connectivity index (χ0) is 16.8. The molecule has 0 unspecified atom stereocenters. The van der Waals surface area contributed by atoms with Crippen LogP contribution < -0.4 is 10.6 Å². The van der Waals surface area contributed by atoms with E-state index >= 15 is 0 Å². The van der Waals surface area contributed by atoms with Gasteiger partial charge in [-0.2, -0.15) is 0 Å². The summed E-state index contributed by atoms with van der Waals surface area (Å²) in [4.78, 5) is 20.4. The van der Waals surface area contributed by atoms with Crippen molar-refractivity contribution in [2.24, 2.45) is 0 Å². The molecule has 0 atom stereocenters. The third-order valence-corrected chi connectivity index (χ3v) is 3.47. The largest absolute Gasteiger partial charge is 0.467 e. The number of benzene rings is 1. The molecule has 0 saturated heterocycles. The molecule has 3 aromatic rings. The summed E-state index contributed by atoms with van der Waals surface area (Å²) in [5.74, 6) is 1.35. The Bertz CT molecular complexity index is 815. The minimum Gasteiger partial charge on any atom is -0.467 e. The molecule has 0 saturated carbocycles. The Morgan fingerprint density at radius 3 is 2.83 bits per heavy atom. The first-order valence-corrected chi connectivity index (χ1v) is 7.63. The van der Waals surface area contributed by atoms with Crippen molar-refractivity contribution in [1.29, 1.82) is 0 Å². The first kappa shape index (κ1) is 15.7. The molecule has 0 spiro atoms. The number of hydrogen-bond acceptors (Lipinski definition) is 5. The number of carbonyl (C=O) groups excluding carboxylic acids is 1. The minimum absolute atomic E-state index is 0.133. The molecule has 24 heavy (non-hydrogen) atoms. The molecule has 6 nitrogen and oxygen atoms in total. The molecule has 1 aromatic carbocycles. The molecule has 0 fully saturated rings. The van der Waals surface area contributed by atoms with E-state index in [1.54, 1.807) is 18.4 Å². The zero-order valence-corrected chi connectivity index (χ0v) is 13.3. The Kier molecular flexibility index (Phi) is 4.86. The summed E-state index contributed by atoms with van der Waals surface area (Å²) in [6, 6.07) is 13.0. The van der Waals surface area contributed by atoms with Crippen LogP contribution in [0.2, 0.25) is 0 Å². The van der Waals surface area contributed by atoms with Crippen LogP contribution in [0.5, 0.6) is 0 Å². The minimum atomic E-state index is -0.133. The second-order valence-corrected chi connectivity index (χ2v) is 5.36. The Labute approximate surface area is 140 Å². The van der Waals surface area contributed by atoms with E-state index in [1.165, 1.54) is 6.33 Å². The van der Waals surface area contributed by atoms with E-state index in [4.69, 9.17) is 4.42 Å². The van der Waals surface area contributed by atoms with Gasteiger partial charge >= 0.3 is 0 Å². The van der Waals surface area contributed by atoms with Crippen molar-refractivity contribution in [2.75, 3.05) is 5.32 Å². The monoisotopic (exact) mass is 322 g/mol. The molecule has 2 aromatic heterocycles. The van der Waals surface area contributed by atoms with Crippen LogP contribution in [0.15, 0.2) is 59.5 Å². The standard InChI is InChI=1S/C18H18N4O2/c1-13-8-17(22-12-21-13)19-10-14-4-2-5-15(9-14)18(23)20-11-16-6-3-7-24-16/h2-9,12H,10-11H2,1H3,(H,20,23)(H,19,21,22). The molecule has 6 heteroatoms. The van der Waals surface area contributed by atoms with Crippen LogP contribution in [0, 0.1) is 6.92 Å². The second-order valence-electron chi connectivity index (χ2n) is 5.36. The average molecular weight is 322 g/mol. The summed E-state index contributed by atoms with van der Waals surface area (Å²) in [5.41, 5.74) is 2.51. The lowest BCUT2D eigenvalue weighted by Crippen LogP contribution is -2.22.